The maximum atomic E-state index is 13.1. The molecule has 1 aromatic carbocycles. The Morgan fingerprint density at radius 3 is 3.00 bits per heavy atom. The standard InChI is InChI=1S/C18H16BrN3O2S/c1-11-10-25-17(21-11)15-3-2-5-22(15)18(23)13-7-12(8-14(19)9-13)16-20-4-6-24-16/h4,6-10,15H,2-3,5H2,1H3. The van der Waals surface area contributed by atoms with Gasteiger partial charge >= 0.3 is 0 Å². The Kier molecular flexibility index (Phi) is 4.43. The van der Waals surface area contributed by atoms with Crippen LogP contribution in [0.4, 0.5) is 0 Å². The van der Waals surface area contributed by atoms with Crippen molar-refractivity contribution >= 4 is 33.2 Å². The minimum atomic E-state index is 0.0180. The molecule has 3 heterocycles. The number of hydrogen-bond donors (Lipinski definition) is 0. The molecule has 4 rings (SSSR count). The summed E-state index contributed by atoms with van der Waals surface area (Å²) in [4.78, 5) is 23.8. The van der Waals surface area contributed by atoms with E-state index in [1.54, 1.807) is 17.5 Å². The molecule has 0 spiro atoms. The van der Waals surface area contributed by atoms with Gasteiger partial charge in [0, 0.05) is 33.2 Å². The van der Waals surface area contributed by atoms with Crippen LogP contribution >= 0.6 is 27.3 Å². The number of nitrogens with zero attached hydrogens (tertiary/aromatic N) is 3. The van der Waals surface area contributed by atoms with Gasteiger partial charge in [0.2, 0.25) is 5.89 Å². The Hall–Kier alpha value is -1.99. The van der Waals surface area contributed by atoms with Gasteiger partial charge in [0.15, 0.2) is 0 Å². The van der Waals surface area contributed by atoms with Crippen molar-refractivity contribution in [1.82, 2.24) is 14.9 Å². The van der Waals surface area contributed by atoms with Gasteiger partial charge in [0.05, 0.1) is 12.2 Å². The number of benzene rings is 1. The number of likely N-dealkylation sites (tertiary alicyclic amines) is 1. The Morgan fingerprint density at radius 2 is 2.28 bits per heavy atom. The number of carbonyl (C=O) groups is 1. The molecule has 0 aliphatic carbocycles. The normalized spacial score (nSPS) is 17.2. The van der Waals surface area contributed by atoms with E-state index in [2.05, 4.69) is 25.9 Å². The van der Waals surface area contributed by atoms with Crippen molar-refractivity contribution < 1.29 is 9.21 Å². The first-order valence-electron chi connectivity index (χ1n) is 8.05. The maximum absolute atomic E-state index is 13.1. The van der Waals surface area contributed by atoms with Gasteiger partial charge < -0.3 is 9.32 Å². The highest BCUT2D eigenvalue weighted by Gasteiger charge is 2.32. The van der Waals surface area contributed by atoms with Gasteiger partial charge in [-0.3, -0.25) is 4.79 Å². The van der Waals surface area contributed by atoms with Crippen LogP contribution < -0.4 is 0 Å². The lowest BCUT2D eigenvalue weighted by Crippen LogP contribution is -2.30. The molecule has 0 radical (unpaired) electrons. The summed E-state index contributed by atoms with van der Waals surface area (Å²) in [7, 11) is 0. The van der Waals surface area contributed by atoms with Gasteiger partial charge in [-0.05, 0) is 38.0 Å². The topological polar surface area (TPSA) is 59.2 Å². The third kappa shape index (κ3) is 3.26. The maximum Gasteiger partial charge on any atom is 0.254 e. The van der Waals surface area contributed by atoms with Crippen molar-refractivity contribution in [1.29, 1.82) is 0 Å². The SMILES string of the molecule is Cc1csc(C2CCCN2C(=O)c2cc(Br)cc(-c3ncco3)c2)n1. The van der Waals surface area contributed by atoms with Gasteiger partial charge in [0.1, 0.15) is 11.3 Å². The zero-order chi connectivity index (χ0) is 17.4. The van der Waals surface area contributed by atoms with Gasteiger partial charge in [-0.25, -0.2) is 9.97 Å². The second kappa shape index (κ2) is 6.72. The molecule has 1 fully saturated rings. The zero-order valence-electron chi connectivity index (χ0n) is 13.6. The first-order valence-corrected chi connectivity index (χ1v) is 9.72. The largest absolute Gasteiger partial charge is 0.445 e. The van der Waals surface area contributed by atoms with Gasteiger partial charge in [-0.2, -0.15) is 0 Å². The second-order valence-corrected chi connectivity index (χ2v) is 7.85. The average molecular weight is 418 g/mol. The van der Waals surface area contributed by atoms with E-state index < -0.39 is 0 Å². The third-order valence-corrected chi connectivity index (χ3v) is 5.78. The van der Waals surface area contributed by atoms with Crippen LogP contribution in [0, 0.1) is 6.92 Å². The summed E-state index contributed by atoms with van der Waals surface area (Å²) in [6, 6.07) is 5.64. The highest BCUT2D eigenvalue weighted by molar-refractivity contribution is 9.10. The van der Waals surface area contributed by atoms with E-state index in [0.717, 1.165) is 40.1 Å². The van der Waals surface area contributed by atoms with Crippen LogP contribution in [0.2, 0.25) is 0 Å². The van der Waals surface area contributed by atoms with Crippen molar-refractivity contribution in [3.8, 4) is 11.5 Å². The minimum absolute atomic E-state index is 0.0180. The summed E-state index contributed by atoms with van der Waals surface area (Å²) in [6.45, 7) is 2.74. The lowest BCUT2D eigenvalue weighted by molar-refractivity contribution is 0.0735. The number of hydrogen-bond acceptors (Lipinski definition) is 5. The molecule has 7 heteroatoms. The Labute approximate surface area is 157 Å². The fraction of sp³-hybridized carbons (Fsp3) is 0.278. The highest BCUT2D eigenvalue weighted by atomic mass is 79.9. The quantitative estimate of drug-likeness (QED) is 0.611. The number of aryl methyl sites for hydroxylation is 1. The fourth-order valence-corrected chi connectivity index (χ4v) is 4.60. The predicted octanol–water partition coefficient (Wildman–Crippen LogP) is 4.85. The average Bonchev–Trinajstić information content (AvgIpc) is 3.34. The monoisotopic (exact) mass is 417 g/mol. The molecule has 0 N–H and O–H groups in total. The molecule has 3 aromatic rings. The van der Waals surface area contributed by atoms with E-state index in [1.807, 2.05) is 35.4 Å². The molecule has 128 valence electrons. The van der Waals surface area contributed by atoms with Crippen LogP contribution in [0.1, 0.15) is 39.9 Å². The Bertz CT molecular complexity index is 907. The summed E-state index contributed by atoms with van der Waals surface area (Å²) in [6.07, 6.45) is 5.08. The van der Waals surface area contributed by atoms with Crippen molar-refractivity contribution in [3.05, 3.63) is 56.8 Å². The lowest BCUT2D eigenvalue weighted by Gasteiger charge is -2.23. The number of carbonyl (C=O) groups excluding carboxylic acids is 1. The van der Waals surface area contributed by atoms with Crippen molar-refractivity contribution in [2.45, 2.75) is 25.8 Å². The van der Waals surface area contributed by atoms with Crippen molar-refractivity contribution in [2.24, 2.45) is 0 Å². The number of aromatic nitrogens is 2. The predicted molar refractivity (Wildman–Crippen MR) is 99.5 cm³/mol. The van der Waals surface area contributed by atoms with E-state index in [4.69, 9.17) is 4.42 Å². The molecule has 0 bridgehead atoms. The molecule has 1 saturated heterocycles. The fourth-order valence-electron chi connectivity index (χ4n) is 3.16. The number of amides is 1. The lowest BCUT2D eigenvalue weighted by atomic mass is 10.1. The van der Waals surface area contributed by atoms with Crippen LogP contribution in [0.3, 0.4) is 0 Å². The van der Waals surface area contributed by atoms with Crippen LogP contribution in [0.15, 0.2) is 44.9 Å². The molecule has 1 unspecified atom stereocenters. The van der Waals surface area contributed by atoms with Crippen molar-refractivity contribution in [3.63, 3.8) is 0 Å². The number of rotatable bonds is 3. The minimum Gasteiger partial charge on any atom is -0.445 e. The molecular weight excluding hydrogens is 402 g/mol. The smallest absolute Gasteiger partial charge is 0.254 e. The van der Waals surface area contributed by atoms with Crippen LogP contribution in [0.5, 0.6) is 0 Å². The molecule has 1 aliphatic rings. The first kappa shape index (κ1) is 16.5. The van der Waals surface area contributed by atoms with Crippen LogP contribution in [-0.4, -0.2) is 27.3 Å². The molecule has 2 aromatic heterocycles. The zero-order valence-corrected chi connectivity index (χ0v) is 16.0. The van der Waals surface area contributed by atoms with E-state index in [9.17, 15) is 4.79 Å². The van der Waals surface area contributed by atoms with Crippen LogP contribution in [-0.2, 0) is 0 Å². The molecule has 0 saturated carbocycles. The number of halogens is 1. The van der Waals surface area contributed by atoms with E-state index in [1.165, 1.54) is 6.26 Å². The molecule has 5 nitrogen and oxygen atoms in total. The van der Waals surface area contributed by atoms with E-state index in [0.29, 0.717) is 11.5 Å². The van der Waals surface area contributed by atoms with Gasteiger partial charge in [-0.15, -0.1) is 11.3 Å². The summed E-state index contributed by atoms with van der Waals surface area (Å²) in [5, 5.41) is 3.06. The van der Waals surface area contributed by atoms with Gasteiger partial charge in [-0.1, -0.05) is 15.9 Å². The first-order chi connectivity index (χ1) is 12.1. The van der Waals surface area contributed by atoms with Crippen LogP contribution in [0.25, 0.3) is 11.5 Å². The van der Waals surface area contributed by atoms with E-state index >= 15 is 0 Å². The molecular formula is C18H16BrN3O2S. The second-order valence-electron chi connectivity index (χ2n) is 6.05. The molecule has 25 heavy (non-hydrogen) atoms. The highest BCUT2D eigenvalue weighted by Crippen LogP contribution is 2.35. The molecule has 1 atom stereocenters. The summed E-state index contributed by atoms with van der Waals surface area (Å²) < 4.78 is 6.19. The number of oxazole rings is 1. The number of thiazole rings is 1. The van der Waals surface area contributed by atoms with Crippen molar-refractivity contribution in [2.75, 3.05) is 6.54 Å². The third-order valence-electron chi connectivity index (χ3n) is 4.26. The van der Waals surface area contributed by atoms with Gasteiger partial charge in [0.25, 0.3) is 5.91 Å². The molecule has 1 amide bonds. The summed E-state index contributed by atoms with van der Waals surface area (Å²) in [5.41, 5.74) is 2.42. The Morgan fingerprint density at radius 1 is 1.40 bits per heavy atom. The Balaban J connectivity index is 1.66. The summed E-state index contributed by atoms with van der Waals surface area (Å²) >= 11 is 5.12. The molecule has 1 aliphatic heterocycles. The van der Waals surface area contributed by atoms with E-state index in [-0.39, 0.29) is 11.9 Å². The summed E-state index contributed by atoms with van der Waals surface area (Å²) in [5.74, 6) is 0.522.